The first kappa shape index (κ1) is 14.0. The number of hydrogen-bond acceptors (Lipinski definition) is 4. The van der Waals surface area contributed by atoms with E-state index in [1.807, 2.05) is 10.3 Å². The lowest BCUT2D eigenvalue weighted by Gasteiger charge is -2.43. The van der Waals surface area contributed by atoms with E-state index in [1.165, 1.54) is 12.8 Å². The molecule has 0 bridgehead atoms. The molecule has 0 radical (unpaired) electrons. The second-order valence-corrected chi connectivity index (χ2v) is 6.58. The molecule has 1 saturated carbocycles. The number of carbonyl (C=O) groups is 1. The first-order chi connectivity index (χ1) is 9.79. The molecule has 2 aliphatic rings. The van der Waals surface area contributed by atoms with Gasteiger partial charge >= 0.3 is 0 Å². The van der Waals surface area contributed by atoms with Crippen LogP contribution in [0.4, 0.5) is 0 Å². The Morgan fingerprint density at radius 1 is 1.50 bits per heavy atom. The summed E-state index contributed by atoms with van der Waals surface area (Å²) in [5.74, 6) is 0.101. The molecule has 0 spiro atoms. The molecular formula is C15H22N2O2S. The van der Waals surface area contributed by atoms with Crippen LogP contribution in [-0.2, 0) is 11.2 Å². The molecule has 2 atom stereocenters. The van der Waals surface area contributed by atoms with Crippen LogP contribution in [0, 0.1) is 0 Å². The molecule has 2 fully saturated rings. The third-order valence-corrected chi connectivity index (χ3v) is 5.14. The van der Waals surface area contributed by atoms with Gasteiger partial charge in [0.25, 0.3) is 5.91 Å². The van der Waals surface area contributed by atoms with E-state index in [1.54, 1.807) is 11.3 Å². The fraction of sp³-hybridized carbons (Fsp3) is 0.733. The van der Waals surface area contributed by atoms with Gasteiger partial charge in [0.05, 0.1) is 23.8 Å². The summed E-state index contributed by atoms with van der Waals surface area (Å²) in [6.45, 7) is 3.51. The Balaban J connectivity index is 1.74. The summed E-state index contributed by atoms with van der Waals surface area (Å²) in [6, 6.07) is 0.265. The normalized spacial score (nSPS) is 26.4. The quantitative estimate of drug-likeness (QED) is 0.861. The van der Waals surface area contributed by atoms with Crippen LogP contribution >= 0.6 is 11.3 Å². The number of morpholine rings is 1. The summed E-state index contributed by atoms with van der Waals surface area (Å²) in [7, 11) is 0. The minimum Gasteiger partial charge on any atom is -0.374 e. The molecule has 1 aromatic heterocycles. The van der Waals surface area contributed by atoms with E-state index in [-0.39, 0.29) is 18.1 Å². The fourth-order valence-corrected chi connectivity index (χ4v) is 4.11. The van der Waals surface area contributed by atoms with Gasteiger partial charge in [-0.15, -0.1) is 11.3 Å². The Hall–Kier alpha value is -0.940. The summed E-state index contributed by atoms with van der Waals surface area (Å²) >= 11 is 1.61. The van der Waals surface area contributed by atoms with Crippen LogP contribution in [0.1, 0.15) is 54.5 Å². The molecule has 1 aliphatic carbocycles. The molecule has 1 aliphatic heterocycles. The minimum atomic E-state index is 0.101. The van der Waals surface area contributed by atoms with Crippen molar-refractivity contribution >= 4 is 17.2 Å². The number of amides is 1. The van der Waals surface area contributed by atoms with Gasteiger partial charge in [-0.05, 0) is 25.7 Å². The Bertz CT molecular complexity index is 472. The lowest BCUT2D eigenvalue weighted by molar-refractivity contribution is -0.0754. The van der Waals surface area contributed by atoms with E-state index in [0.717, 1.165) is 30.7 Å². The van der Waals surface area contributed by atoms with Gasteiger partial charge < -0.3 is 9.64 Å². The van der Waals surface area contributed by atoms with Crippen LogP contribution in [-0.4, -0.2) is 41.1 Å². The van der Waals surface area contributed by atoms with E-state index >= 15 is 0 Å². The van der Waals surface area contributed by atoms with Gasteiger partial charge in [-0.25, -0.2) is 4.98 Å². The molecule has 110 valence electrons. The predicted molar refractivity (Wildman–Crippen MR) is 79.1 cm³/mol. The molecule has 3 rings (SSSR count). The highest BCUT2D eigenvalue weighted by molar-refractivity contribution is 7.09. The topological polar surface area (TPSA) is 42.4 Å². The van der Waals surface area contributed by atoms with Crippen molar-refractivity contribution in [2.75, 3.05) is 13.2 Å². The second kappa shape index (κ2) is 6.22. The SMILES string of the molecule is CCCc1nc(C(=O)N2CCO[C@@H]3CCCC[C@H]32)cs1. The van der Waals surface area contributed by atoms with Crippen molar-refractivity contribution in [2.24, 2.45) is 0 Å². The highest BCUT2D eigenvalue weighted by atomic mass is 32.1. The van der Waals surface area contributed by atoms with Gasteiger partial charge in [0.15, 0.2) is 0 Å². The first-order valence-electron chi connectivity index (χ1n) is 7.66. The van der Waals surface area contributed by atoms with Gasteiger partial charge in [-0.2, -0.15) is 0 Å². The number of carbonyl (C=O) groups excluding carboxylic acids is 1. The van der Waals surface area contributed by atoms with Gasteiger partial charge in [0.2, 0.25) is 0 Å². The number of nitrogens with zero attached hydrogens (tertiary/aromatic N) is 2. The Kier molecular flexibility index (Phi) is 4.36. The maximum absolute atomic E-state index is 12.7. The summed E-state index contributed by atoms with van der Waals surface area (Å²) in [6.07, 6.45) is 6.87. The second-order valence-electron chi connectivity index (χ2n) is 5.64. The van der Waals surface area contributed by atoms with Crippen molar-refractivity contribution in [3.8, 4) is 0 Å². The van der Waals surface area contributed by atoms with Gasteiger partial charge in [0.1, 0.15) is 5.69 Å². The van der Waals surface area contributed by atoms with Crippen LogP contribution in [0.3, 0.4) is 0 Å². The number of fused-ring (bicyclic) bond motifs is 1. The molecule has 1 amide bonds. The third-order valence-electron chi connectivity index (χ3n) is 4.23. The van der Waals surface area contributed by atoms with E-state index in [0.29, 0.717) is 18.8 Å². The number of aryl methyl sites for hydroxylation is 1. The molecule has 4 nitrogen and oxygen atoms in total. The highest BCUT2D eigenvalue weighted by Crippen LogP contribution is 2.29. The Labute approximate surface area is 124 Å². The molecule has 0 N–H and O–H groups in total. The standard InChI is InChI=1S/C15H22N2O2S/c1-2-5-14-16-11(10-20-14)15(18)17-8-9-19-13-7-4-3-6-12(13)17/h10,12-13H,2-9H2,1H3/t12-,13-/m1/s1. The zero-order chi connectivity index (χ0) is 13.9. The monoisotopic (exact) mass is 294 g/mol. The van der Waals surface area contributed by atoms with E-state index in [2.05, 4.69) is 11.9 Å². The first-order valence-corrected chi connectivity index (χ1v) is 8.54. The number of ether oxygens (including phenoxy) is 1. The molecule has 5 heteroatoms. The number of aromatic nitrogens is 1. The smallest absolute Gasteiger partial charge is 0.273 e. The summed E-state index contributed by atoms with van der Waals surface area (Å²) < 4.78 is 5.83. The molecule has 20 heavy (non-hydrogen) atoms. The van der Waals surface area contributed by atoms with Crippen molar-refractivity contribution in [2.45, 2.75) is 57.6 Å². The van der Waals surface area contributed by atoms with Crippen molar-refractivity contribution in [1.29, 1.82) is 0 Å². The van der Waals surface area contributed by atoms with Crippen molar-refractivity contribution < 1.29 is 9.53 Å². The van der Waals surface area contributed by atoms with E-state index in [4.69, 9.17) is 4.74 Å². The lowest BCUT2D eigenvalue weighted by Crippen LogP contribution is -2.54. The number of hydrogen-bond donors (Lipinski definition) is 0. The maximum atomic E-state index is 12.7. The van der Waals surface area contributed by atoms with Crippen LogP contribution < -0.4 is 0 Å². The van der Waals surface area contributed by atoms with Crippen LogP contribution in [0.25, 0.3) is 0 Å². The molecular weight excluding hydrogens is 272 g/mol. The van der Waals surface area contributed by atoms with Crippen molar-refractivity contribution in [1.82, 2.24) is 9.88 Å². The van der Waals surface area contributed by atoms with Crippen LogP contribution in [0.15, 0.2) is 5.38 Å². The maximum Gasteiger partial charge on any atom is 0.273 e. The molecule has 0 aromatic carbocycles. The van der Waals surface area contributed by atoms with Crippen molar-refractivity contribution in [3.05, 3.63) is 16.1 Å². The fourth-order valence-electron chi connectivity index (χ4n) is 3.23. The average Bonchev–Trinajstić information content (AvgIpc) is 2.95. The molecule has 2 heterocycles. The zero-order valence-corrected chi connectivity index (χ0v) is 12.8. The lowest BCUT2D eigenvalue weighted by atomic mass is 9.90. The van der Waals surface area contributed by atoms with Crippen molar-refractivity contribution in [3.63, 3.8) is 0 Å². The summed E-state index contributed by atoms with van der Waals surface area (Å²) in [5.41, 5.74) is 0.629. The molecule has 1 aromatic rings. The average molecular weight is 294 g/mol. The van der Waals surface area contributed by atoms with E-state index in [9.17, 15) is 4.79 Å². The van der Waals surface area contributed by atoms with Gasteiger partial charge in [-0.3, -0.25) is 4.79 Å². The predicted octanol–water partition coefficient (Wildman–Crippen LogP) is 2.88. The summed E-state index contributed by atoms with van der Waals surface area (Å²) in [5, 5.41) is 2.99. The Morgan fingerprint density at radius 3 is 3.20 bits per heavy atom. The highest BCUT2D eigenvalue weighted by Gasteiger charge is 2.37. The molecule has 0 unspecified atom stereocenters. The third kappa shape index (κ3) is 2.74. The van der Waals surface area contributed by atoms with Gasteiger partial charge in [-0.1, -0.05) is 19.8 Å². The van der Waals surface area contributed by atoms with E-state index < -0.39 is 0 Å². The van der Waals surface area contributed by atoms with Crippen LogP contribution in [0.2, 0.25) is 0 Å². The van der Waals surface area contributed by atoms with Crippen LogP contribution in [0.5, 0.6) is 0 Å². The minimum absolute atomic E-state index is 0.101. The largest absolute Gasteiger partial charge is 0.374 e. The summed E-state index contributed by atoms with van der Waals surface area (Å²) in [4.78, 5) is 19.2. The Morgan fingerprint density at radius 2 is 2.35 bits per heavy atom. The van der Waals surface area contributed by atoms with Gasteiger partial charge in [0, 0.05) is 11.9 Å². The number of thiazole rings is 1. The number of rotatable bonds is 3. The molecule has 1 saturated heterocycles. The zero-order valence-electron chi connectivity index (χ0n) is 12.0.